The Morgan fingerprint density at radius 1 is 1.16 bits per heavy atom. The summed E-state index contributed by atoms with van der Waals surface area (Å²) in [5.41, 5.74) is 2.52. The minimum atomic E-state index is -0.674. The molecular formula is C21H21NO2S. The van der Waals surface area contributed by atoms with Crippen molar-refractivity contribution < 1.29 is 9.90 Å². The zero-order valence-electron chi connectivity index (χ0n) is 14.0. The number of carbonyl (C=O) groups is 1. The van der Waals surface area contributed by atoms with Gasteiger partial charge in [-0.2, -0.15) is 11.3 Å². The molecule has 0 amide bonds. The van der Waals surface area contributed by atoms with Gasteiger partial charge in [0.25, 0.3) is 0 Å². The van der Waals surface area contributed by atoms with E-state index in [1.165, 1.54) is 21.9 Å². The lowest BCUT2D eigenvalue weighted by atomic mass is 9.90. The zero-order valence-corrected chi connectivity index (χ0v) is 14.8. The molecule has 1 aliphatic heterocycles. The van der Waals surface area contributed by atoms with Crippen LogP contribution in [0.25, 0.3) is 10.8 Å². The molecule has 1 fully saturated rings. The Bertz CT molecular complexity index is 869. The van der Waals surface area contributed by atoms with Crippen molar-refractivity contribution in [1.29, 1.82) is 0 Å². The molecule has 3 aromatic rings. The molecule has 2 atom stereocenters. The molecule has 0 saturated carbocycles. The smallest absolute Gasteiger partial charge is 0.307 e. The van der Waals surface area contributed by atoms with Crippen LogP contribution < -0.4 is 0 Å². The summed E-state index contributed by atoms with van der Waals surface area (Å²) in [6.45, 7) is 1.55. The molecule has 1 aromatic heterocycles. The highest BCUT2D eigenvalue weighted by Gasteiger charge is 2.32. The maximum Gasteiger partial charge on any atom is 0.307 e. The fourth-order valence-corrected chi connectivity index (χ4v) is 4.63. The Balaban J connectivity index is 1.80. The van der Waals surface area contributed by atoms with Crippen LogP contribution in [0.3, 0.4) is 0 Å². The van der Waals surface area contributed by atoms with Crippen molar-refractivity contribution in [2.45, 2.75) is 18.9 Å². The number of fused-ring (bicyclic) bond motifs is 1. The van der Waals surface area contributed by atoms with Crippen molar-refractivity contribution in [1.82, 2.24) is 4.90 Å². The van der Waals surface area contributed by atoms with E-state index in [0.717, 1.165) is 19.4 Å². The van der Waals surface area contributed by atoms with E-state index in [4.69, 9.17) is 0 Å². The Morgan fingerprint density at radius 3 is 2.80 bits per heavy atom. The summed E-state index contributed by atoms with van der Waals surface area (Å²) in [6.07, 6.45) is 1.71. The lowest BCUT2D eigenvalue weighted by Gasteiger charge is -2.37. The monoisotopic (exact) mass is 351 g/mol. The van der Waals surface area contributed by atoms with E-state index >= 15 is 0 Å². The fraction of sp³-hybridized carbons (Fsp3) is 0.286. The van der Waals surface area contributed by atoms with Crippen LogP contribution in [-0.2, 0) is 4.79 Å². The number of likely N-dealkylation sites (tertiary alicyclic amines) is 1. The summed E-state index contributed by atoms with van der Waals surface area (Å²) in [7, 11) is 0. The third-order valence-electron chi connectivity index (χ3n) is 5.14. The number of aliphatic carboxylic acids is 1. The average molecular weight is 351 g/mol. The number of hydrogen-bond acceptors (Lipinski definition) is 3. The van der Waals surface area contributed by atoms with Crippen molar-refractivity contribution in [2.75, 3.05) is 13.1 Å². The molecule has 0 radical (unpaired) electrons. The van der Waals surface area contributed by atoms with Crippen LogP contribution in [0.15, 0.2) is 59.3 Å². The van der Waals surface area contributed by atoms with Gasteiger partial charge in [0.2, 0.25) is 0 Å². The maximum absolute atomic E-state index is 11.5. The molecule has 1 saturated heterocycles. The normalized spacial score (nSPS) is 19.8. The molecule has 2 heterocycles. The van der Waals surface area contributed by atoms with E-state index in [1.54, 1.807) is 11.3 Å². The van der Waals surface area contributed by atoms with E-state index < -0.39 is 5.97 Å². The van der Waals surface area contributed by atoms with Crippen LogP contribution >= 0.6 is 11.3 Å². The van der Waals surface area contributed by atoms with E-state index in [-0.39, 0.29) is 12.0 Å². The van der Waals surface area contributed by atoms with E-state index in [9.17, 15) is 9.90 Å². The number of carboxylic acid groups (broad SMARTS) is 1. The molecule has 2 unspecified atom stereocenters. The second-order valence-electron chi connectivity index (χ2n) is 6.70. The van der Waals surface area contributed by atoms with E-state index in [2.05, 4.69) is 64.2 Å². The lowest BCUT2D eigenvalue weighted by Crippen LogP contribution is -2.41. The summed E-state index contributed by atoms with van der Waals surface area (Å²) in [4.78, 5) is 13.9. The van der Waals surface area contributed by atoms with Crippen LogP contribution in [0.2, 0.25) is 0 Å². The van der Waals surface area contributed by atoms with Crippen molar-refractivity contribution in [2.24, 2.45) is 5.92 Å². The first-order valence-electron chi connectivity index (χ1n) is 8.70. The minimum Gasteiger partial charge on any atom is -0.481 e. The fourth-order valence-electron chi connectivity index (χ4n) is 3.95. The number of hydrogen-bond donors (Lipinski definition) is 1. The molecule has 128 valence electrons. The van der Waals surface area contributed by atoms with Gasteiger partial charge in [0, 0.05) is 6.54 Å². The number of benzene rings is 2. The third kappa shape index (κ3) is 3.20. The number of piperidine rings is 1. The second kappa shape index (κ2) is 6.98. The number of nitrogens with zero attached hydrogens (tertiary/aromatic N) is 1. The first-order valence-corrected chi connectivity index (χ1v) is 9.65. The number of carboxylic acids is 1. The Morgan fingerprint density at radius 2 is 2.00 bits per heavy atom. The number of rotatable bonds is 4. The first-order chi connectivity index (χ1) is 12.2. The Hall–Kier alpha value is -2.17. The molecule has 3 nitrogen and oxygen atoms in total. The van der Waals surface area contributed by atoms with Gasteiger partial charge in [-0.15, -0.1) is 0 Å². The Labute approximate surface area is 151 Å². The molecule has 4 rings (SSSR count). The molecule has 1 N–H and O–H groups in total. The van der Waals surface area contributed by atoms with Crippen molar-refractivity contribution in [3.8, 4) is 0 Å². The summed E-state index contributed by atoms with van der Waals surface area (Å²) in [5.74, 6) is -0.948. The third-order valence-corrected chi connectivity index (χ3v) is 5.85. The van der Waals surface area contributed by atoms with Gasteiger partial charge in [-0.25, -0.2) is 0 Å². The highest BCUT2D eigenvalue weighted by atomic mass is 32.1. The molecule has 0 bridgehead atoms. The van der Waals surface area contributed by atoms with E-state index in [1.807, 2.05) is 0 Å². The first kappa shape index (κ1) is 16.3. The molecule has 4 heteroatoms. The van der Waals surface area contributed by atoms with Gasteiger partial charge in [0.05, 0.1) is 12.0 Å². The SMILES string of the molecule is O=C(O)C1CCCN(C(c2ccsc2)c2cccc3ccccc23)C1. The molecule has 0 spiro atoms. The number of thiophene rings is 1. The minimum absolute atomic E-state index is 0.111. The summed E-state index contributed by atoms with van der Waals surface area (Å²) in [5, 5.41) is 16.3. The predicted molar refractivity (Wildman–Crippen MR) is 102 cm³/mol. The van der Waals surface area contributed by atoms with Crippen molar-refractivity contribution in [3.63, 3.8) is 0 Å². The van der Waals surface area contributed by atoms with Crippen LogP contribution in [0.5, 0.6) is 0 Å². The molecule has 0 aliphatic carbocycles. The summed E-state index contributed by atoms with van der Waals surface area (Å²) in [6, 6.07) is 17.2. The predicted octanol–water partition coefficient (Wildman–Crippen LogP) is 4.79. The standard InChI is InChI=1S/C21H21NO2S/c23-21(24)16-7-4-11-22(13-16)20(17-10-12-25-14-17)19-9-3-6-15-5-1-2-8-18(15)19/h1-3,5-6,8-10,12,14,16,20H,4,7,11,13H2,(H,23,24). The average Bonchev–Trinajstić information content (AvgIpc) is 3.17. The van der Waals surface area contributed by atoms with E-state index in [0.29, 0.717) is 6.54 Å². The van der Waals surface area contributed by atoms with Gasteiger partial charge >= 0.3 is 5.97 Å². The summed E-state index contributed by atoms with van der Waals surface area (Å²) < 4.78 is 0. The summed E-state index contributed by atoms with van der Waals surface area (Å²) >= 11 is 1.70. The van der Waals surface area contributed by atoms with Crippen LogP contribution in [0.4, 0.5) is 0 Å². The van der Waals surface area contributed by atoms with Crippen molar-refractivity contribution >= 4 is 28.1 Å². The van der Waals surface area contributed by atoms with Crippen LogP contribution in [0, 0.1) is 5.92 Å². The Kier molecular flexibility index (Phi) is 4.55. The van der Waals surface area contributed by atoms with Crippen LogP contribution in [-0.4, -0.2) is 29.1 Å². The largest absolute Gasteiger partial charge is 0.481 e. The zero-order chi connectivity index (χ0) is 17.2. The van der Waals surface area contributed by atoms with Gasteiger partial charge < -0.3 is 5.11 Å². The molecule has 1 aliphatic rings. The van der Waals surface area contributed by atoms with Gasteiger partial charge in [-0.3, -0.25) is 9.69 Å². The molecule has 2 aromatic carbocycles. The topological polar surface area (TPSA) is 40.5 Å². The highest BCUT2D eigenvalue weighted by Crippen LogP contribution is 2.37. The van der Waals surface area contributed by atoms with Gasteiger partial charge in [-0.1, -0.05) is 42.5 Å². The van der Waals surface area contributed by atoms with Gasteiger partial charge in [0.15, 0.2) is 0 Å². The highest BCUT2D eigenvalue weighted by molar-refractivity contribution is 7.08. The molecule has 25 heavy (non-hydrogen) atoms. The maximum atomic E-state index is 11.5. The molecular weight excluding hydrogens is 330 g/mol. The quantitative estimate of drug-likeness (QED) is 0.735. The van der Waals surface area contributed by atoms with Crippen LogP contribution in [0.1, 0.15) is 30.0 Å². The lowest BCUT2D eigenvalue weighted by molar-refractivity contribution is -0.143. The van der Waals surface area contributed by atoms with Gasteiger partial charge in [0.1, 0.15) is 0 Å². The van der Waals surface area contributed by atoms with Gasteiger partial charge in [-0.05, 0) is 58.1 Å². The van der Waals surface area contributed by atoms with Crippen molar-refractivity contribution in [3.05, 3.63) is 70.4 Å². The second-order valence-corrected chi connectivity index (χ2v) is 7.48.